The number of hydrogen-bond donors (Lipinski definition) is 3. The molecule has 0 atom stereocenters. The summed E-state index contributed by atoms with van der Waals surface area (Å²) in [5.74, 6) is 0.470. The van der Waals surface area contributed by atoms with Crippen molar-refractivity contribution in [3.63, 3.8) is 0 Å². The van der Waals surface area contributed by atoms with Gasteiger partial charge in [-0.15, -0.1) is 0 Å². The smallest absolute Gasteiger partial charge is 0.123 e. The SMILES string of the molecule is Oc1ccc(C2(c3ccc(O)cc3O)CCCCC2)cc1. The highest BCUT2D eigenvalue weighted by molar-refractivity contribution is 5.50. The zero-order valence-electron chi connectivity index (χ0n) is 11.9. The highest BCUT2D eigenvalue weighted by Gasteiger charge is 2.37. The largest absolute Gasteiger partial charge is 0.508 e. The van der Waals surface area contributed by atoms with Crippen molar-refractivity contribution >= 4 is 0 Å². The van der Waals surface area contributed by atoms with E-state index in [2.05, 4.69) is 0 Å². The first kappa shape index (κ1) is 13.8. The minimum absolute atomic E-state index is 0.0768. The second kappa shape index (κ2) is 5.32. The molecule has 3 heteroatoms. The summed E-state index contributed by atoms with van der Waals surface area (Å²) in [6, 6.07) is 12.1. The first-order valence-electron chi connectivity index (χ1n) is 7.44. The van der Waals surface area contributed by atoms with Crippen molar-refractivity contribution in [2.45, 2.75) is 37.5 Å². The van der Waals surface area contributed by atoms with Crippen LogP contribution in [0.3, 0.4) is 0 Å². The van der Waals surface area contributed by atoms with Crippen molar-refractivity contribution in [1.29, 1.82) is 0 Å². The molecule has 110 valence electrons. The van der Waals surface area contributed by atoms with E-state index in [9.17, 15) is 15.3 Å². The Morgan fingerprint density at radius 2 is 1.33 bits per heavy atom. The predicted octanol–water partition coefficient (Wildman–Crippen LogP) is 4.05. The number of phenols is 3. The van der Waals surface area contributed by atoms with Crippen LogP contribution in [0.5, 0.6) is 17.2 Å². The van der Waals surface area contributed by atoms with Crippen LogP contribution in [0.15, 0.2) is 42.5 Å². The molecule has 1 aliphatic rings. The molecule has 2 aromatic rings. The first-order chi connectivity index (χ1) is 10.1. The number of hydrogen-bond acceptors (Lipinski definition) is 3. The number of benzene rings is 2. The molecule has 1 fully saturated rings. The van der Waals surface area contributed by atoms with E-state index in [-0.39, 0.29) is 22.7 Å². The van der Waals surface area contributed by atoms with Crippen LogP contribution in [-0.2, 0) is 5.41 Å². The van der Waals surface area contributed by atoms with E-state index in [1.54, 1.807) is 18.2 Å². The predicted molar refractivity (Wildman–Crippen MR) is 81.7 cm³/mol. The van der Waals surface area contributed by atoms with Crippen LogP contribution < -0.4 is 0 Å². The van der Waals surface area contributed by atoms with Gasteiger partial charge >= 0.3 is 0 Å². The van der Waals surface area contributed by atoms with Gasteiger partial charge in [0, 0.05) is 17.0 Å². The molecule has 0 heterocycles. The van der Waals surface area contributed by atoms with E-state index in [4.69, 9.17) is 0 Å². The molecule has 2 aromatic carbocycles. The third-order valence-corrected chi connectivity index (χ3v) is 4.62. The fourth-order valence-electron chi connectivity index (χ4n) is 3.57. The average molecular weight is 284 g/mol. The van der Waals surface area contributed by atoms with Crippen LogP contribution in [0.1, 0.15) is 43.2 Å². The van der Waals surface area contributed by atoms with Gasteiger partial charge in [-0.2, -0.15) is 0 Å². The molecule has 21 heavy (non-hydrogen) atoms. The summed E-state index contributed by atoms with van der Waals surface area (Å²) < 4.78 is 0. The van der Waals surface area contributed by atoms with Gasteiger partial charge in [0.15, 0.2) is 0 Å². The molecule has 3 rings (SSSR count). The van der Waals surface area contributed by atoms with Crippen molar-refractivity contribution < 1.29 is 15.3 Å². The topological polar surface area (TPSA) is 60.7 Å². The maximum Gasteiger partial charge on any atom is 0.123 e. The van der Waals surface area contributed by atoms with Crippen LogP contribution >= 0.6 is 0 Å². The second-order valence-electron chi connectivity index (χ2n) is 5.89. The normalized spacial score (nSPS) is 17.5. The van der Waals surface area contributed by atoms with Crippen molar-refractivity contribution in [3.05, 3.63) is 53.6 Å². The van der Waals surface area contributed by atoms with Crippen LogP contribution in [0.4, 0.5) is 0 Å². The average Bonchev–Trinajstić information content (AvgIpc) is 2.48. The molecule has 0 aromatic heterocycles. The lowest BCUT2D eigenvalue weighted by Gasteiger charge is -2.39. The Labute approximate surface area is 124 Å². The molecule has 0 spiro atoms. The Morgan fingerprint density at radius 1 is 0.714 bits per heavy atom. The van der Waals surface area contributed by atoms with Crippen LogP contribution in [0.2, 0.25) is 0 Å². The van der Waals surface area contributed by atoms with Crippen molar-refractivity contribution in [1.82, 2.24) is 0 Å². The summed E-state index contributed by atoms with van der Waals surface area (Å²) in [6.07, 6.45) is 5.37. The molecule has 0 amide bonds. The summed E-state index contributed by atoms with van der Waals surface area (Å²) >= 11 is 0. The molecule has 1 saturated carbocycles. The molecule has 0 saturated heterocycles. The Morgan fingerprint density at radius 3 is 1.95 bits per heavy atom. The molecular weight excluding hydrogens is 264 g/mol. The minimum Gasteiger partial charge on any atom is -0.508 e. The second-order valence-corrected chi connectivity index (χ2v) is 5.89. The molecular formula is C18H20O3. The monoisotopic (exact) mass is 284 g/mol. The highest BCUT2D eigenvalue weighted by atomic mass is 16.3. The van der Waals surface area contributed by atoms with E-state index >= 15 is 0 Å². The summed E-state index contributed by atoms with van der Waals surface area (Å²) in [5, 5.41) is 29.4. The lowest BCUT2D eigenvalue weighted by Crippen LogP contribution is -2.30. The number of aromatic hydroxyl groups is 3. The maximum atomic E-state index is 10.3. The molecule has 3 nitrogen and oxygen atoms in total. The van der Waals surface area contributed by atoms with E-state index in [1.807, 2.05) is 18.2 Å². The van der Waals surface area contributed by atoms with E-state index < -0.39 is 0 Å². The van der Waals surface area contributed by atoms with Gasteiger partial charge in [-0.3, -0.25) is 0 Å². The highest BCUT2D eigenvalue weighted by Crippen LogP contribution is 2.48. The summed E-state index contributed by atoms with van der Waals surface area (Å²) in [6.45, 7) is 0. The number of phenolic OH excluding ortho intramolecular Hbond substituents is 3. The molecule has 0 bridgehead atoms. The van der Waals surface area contributed by atoms with Crippen molar-refractivity contribution in [2.24, 2.45) is 0 Å². The Kier molecular flexibility index (Phi) is 3.50. The van der Waals surface area contributed by atoms with E-state index in [0.717, 1.165) is 36.8 Å². The zero-order valence-corrected chi connectivity index (χ0v) is 11.9. The molecule has 0 unspecified atom stereocenters. The Balaban J connectivity index is 2.14. The van der Waals surface area contributed by atoms with E-state index in [0.29, 0.717) is 0 Å². The summed E-state index contributed by atoms with van der Waals surface area (Å²) in [4.78, 5) is 0. The van der Waals surface area contributed by atoms with Gasteiger partial charge in [-0.1, -0.05) is 37.5 Å². The fraction of sp³-hybridized carbons (Fsp3) is 0.333. The van der Waals surface area contributed by atoms with Gasteiger partial charge < -0.3 is 15.3 Å². The Bertz CT molecular complexity index is 625. The van der Waals surface area contributed by atoms with Crippen LogP contribution in [-0.4, -0.2) is 15.3 Å². The van der Waals surface area contributed by atoms with Gasteiger partial charge in [0.1, 0.15) is 17.2 Å². The minimum atomic E-state index is -0.232. The van der Waals surface area contributed by atoms with Gasteiger partial charge in [-0.25, -0.2) is 0 Å². The van der Waals surface area contributed by atoms with Crippen LogP contribution in [0.25, 0.3) is 0 Å². The maximum absolute atomic E-state index is 10.3. The molecule has 0 radical (unpaired) electrons. The van der Waals surface area contributed by atoms with Gasteiger partial charge in [0.25, 0.3) is 0 Å². The fourth-order valence-corrected chi connectivity index (χ4v) is 3.57. The summed E-state index contributed by atoms with van der Waals surface area (Å²) in [5.41, 5.74) is 1.75. The standard InChI is InChI=1S/C18H20O3/c19-14-6-4-13(5-7-14)18(10-2-1-3-11-18)16-9-8-15(20)12-17(16)21/h4-9,12,19-21H,1-3,10-11H2. The third kappa shape index (κ3) is 2.44. The Hall–Kier alpha value is -2.16. The van der Waals surface area contributed by atoms with Crippen molar-refractivity contribution in [3.8, 4) is 17.2 Å². The van der Waals surface area contributed by atoms with Gasteiger partial charge in [-0.05, 0) is 36.6 Å². The summed E-state index contributed by atoms with van der Waals surface area (Å²) in [7, 11) is 0. The quantitative estimate of drug-likeness (QED) is 0.779. The van der Waals surface area contributed by atoms with Gasteiger partial charge in [0.05, 0.1) is 0 Å². The molecule has 1 aliphatic carbocycles. The lowest BCUT2D eigenvalue weighted by atomic mass is 9.65. The van der Waals surface area contributed by atoms with Gasteiger partial charge in [0.2, 0.25) is 0 Å². The first-order valence-corrected chi connectivity index (χ1v) is 7.44. The molecule has 3 N–H and O–H groups in total. The number of rotatable bonds is 2. The lowest BCUT2D eigenvalue weighted by molar-refractivity contribution is 0.331. The van der Waals surface area contributed by atoms with Crippen molar-refractivity contribution in [2.75, 3.05) is 0 Å². The van der Waals surface area contributed by atoms with Crippen LogP contribution in [0, 0.1) is 0 Å². The third-order valence-electron chi connectivity index (χ3n) is 4.62. The zero-order chi connectivity index (χ0) is 14.9. The molecule has 0 aliphatic heterocycles. The van der Waals surface area contributed by atoms with E-state index in [1.165, 1.54) is 12.5 Å².